The SMILES string of the molecule is COC(=O)C1=C(C)N(CCCC(=O)[O-])C(=O)N[C@@H]1c1ccccc1Cl. The Morgan fingerprint density at radius 1 is 1.36 bits per heavy atom. The molecule has 1 aliphatic heterocycles. The van der Waals surface area contributed by atoms with Gasteiger partial charge >= 0.3 is 12.0 Å². The number of carboxylic acid groups (broad SMARTS) is 1. The highest BCUT2D eigenvalue weighted by Gasteiger charge is 2.36. The molecule has 2 rings (SSSR count). The fourth-order valence-electron chi connectivity index (χ4n) is 2.75. The maximum Gasteiger partial charge on any atom is 0.337 e. The molecule has 0 radical (unpaired) electrons. The summed E-state index contributed by atoms with van der Waals surface area (Å²) in [5.41, 5.74) is 1.23. The first-order valence-corrected chi connectivity index (χ1v) is 8.06. The van der Waals surface area contributed by atoms with Crippen molar-refractivity contribution in [3.8, 4) is 0 Å². The summed E-state index contributed by atoms with van der Waals surface area (Å²) in [6.07, 6.45) is 0.0247. The van der Waals surface area contributed by atoms with Gasteiger partial charge in [-0.05, 0) is 31.4 Å². The molecule has 0 saturated heterocycles. The second-order valence-corrected chi connectivity index (χ2v) is 5.93. The third-order valence-electron chi connectivity index (χ3n) is 3.98. The van der Waals surface area contributed by atoms with Gasteiger partial charge in [0.05, 0.1) is 18.7 Å². The summed E-state index contributed by atoms with van der Waals surface area (Å²) in [6.45, 7) is 1.76. The zero-order valence-corrected chi connectivity index (χ0v) is 14.6. The van der Waals surface area contributed by atoms with Crippen LogP contribution in [-0.4, -0.2) is 36.5 Å². The summed E-state index contributed by atoms with van der Waals surface area (Å²) >= 11 is 6.21. The second kappa shape index (κ2) is 8.02. The molecule has 0 aromatic heterocycles. The molecule has 134 valence electrons. The van der Waals surface area contributed by atoms with Crippen LogP contribution in [0, 0.1) is 0 Å². The molecule has 8 heteroatoms. The first kappa shape index (κ1) is 18.8. The predicted octanol–water partition coefficient (Wildman–Crippen LogP) is 1.38. The Balaban J connectivity index is 2.41. The molecule has 0 saturated carbocycles. The highest BCUT2D eigenvalue weighted by molar-refractivity contribution is 6.31. The lowest BCUT2D eigenvalue weighted by molar-refractivity contribution is -0.305. The number of hydrogen-bond acceptors (Lipinski definition) is 5. The van der Waals surface area contributed by atoms with Crippen molar-refractivity contribution in [2.45, 2.75) is 25.8 Å². The lowest BCUT2D eigenvalue weighted by atomic mass is 9.94. The molecule has 1 aromatic carbocycles. The average molecular weight is 366 g/mol. The van der Waals surface area contributed by atoms with Gasteiger partial charge in [-0.2, -0.15) is 0 Å². The molecular weight excluding hydrogens is 348 g/mol. The first-order valence-electron chi connectivity index (χ1n) is 7.68. The van der Waals surface area contributed by atoms with Gasteiger partial charge in [0.25, 0.3) is 0 Å². The normalized spacial score (nSPS) is 17.3. The van der Waals surface area contributed by atoms with E-state index in [9.17, 15) is 19.5 Å². The monoisotopic (exact) mass is 365 g/mol. The predicted molar refractivity (Wildman–Crippen MR) is 88.4 cm³/mol. The largest absolute Gasteiger partial charge is 0.550 e. The van der Waals surface area contributed by atoms with Crippen molar-refractivity contribution < 1.29 is 24.2 Å². The summed E-state index contributed by atoms with van der Waals surface area (Å²) in [5.74, 6) is -1.78. The molecule has 7 nitrogen and oxygen atoms in total. The number of esters is 1. The van der Waals surface area contributed by atoms with Crippen molar-refractivity contribution in [1.82, 2.24) is 10.2 Å². The molecule has 0 fully saturated rings. The zero-order chi connectivity index (χ0) is 18.6. The van der Waals surface area contributed by atoms with Gasteiger partial charge in [-0.25, -0.2) is 9.59 Å². The van der Waals surface area contributed by atoms with Crippen LogP contribution in [0.1, 0.15) is 31.4 Å². The van der Waals surface area contributed by atoms with Gasteiger partial charge in [-0.1, -0.05) is 29.8 Å². The number of hydrogen-bond donors (Lipinski definition) is 1. The van der Waals surface area contributed by atoms with Crippen LogP contribution in [0.4, 0.5) is 4.79 Å². The molecule has 1 aliphatic rings. The third kappa shape index (κ3) is 4.11. The lowest BCUT2D eigenvalue weighted by Crippen LogP contribution is -2.48. The van der Waals surface area contributed by atoms with E-state index >= 15 is 0 Å². The van der Waals surface area contributed by atoms with E-state index in [1.807, 2.05) is 0 Å². The maximum atomic E-state index is 12.5. The van der Waals surface area contributed by atoms with Gasteiger partial charge in [-0.15, -0.1) is 0 Å². The summed E-state index contributed by atoms with van der Waals surface area (Å²) in [7, 11) is 1.25. The molecule has 1 aromatic rings. The minimum Gasteiger partial charge on any atom is -0.550 e. The first-order chi connectivity index (χ1) is 11.9. The van der Waals surface area contributed by atoms with Crippen LogP contribution in [0.25, 0.3) is 0 Å². The van der Waals surface area contributed by atoms with Crippen LogP contribution in [-0.2, 0) is 14.3 Å². The van der Waals surface area contributed by atoms with Gasteiger partial charge in [0.15, 0.2) is 0 Å². The smallest absolute Gasteiger partial charge is 0.337 e. The van der Waals surface area contributed by atoms with Crippen LogP contribution in [0.15, 0.2) is 35.5 Å². The fraction of sp³-hybridized carbons (Fsp3) is 0.353. The molecule has 0 spiro atoms. The number of urea groups is 1. The van der Waals surface area contributed by atoms with Crippen LogP contribution < -0.4 is 10.4 Å². The van der Waals surface area contributed by atoms with E-state index in [4.69, 9.17) is 16.3 Å². The third-order valence-corrected chi connectivity index (χ3v) is 4.32. The van der Waals surface area contributed by atoms with Gasteiger partial charge in [0, 0.05) is 23.2 Å². The van der Waals surface area contributed by atoms with Crippen LogP contribution >= 0.6 is 11.6 Å². The summed E-state index contributed by atoms with van der Waals surface area (Å²) in [4.78, 5) is 36.6. The fourth-order valence-corrected chi connectivity index (χ4v) is 2.99. The maximum absolute atomic E-state index is 12.5. The number of halogens is 1. The summed E-state index contributed by atoms with van der Waals surface area (Å²) < 4.78 is 4.86. The van der Waals surface area contributed by atoms with E-state index < -0.39 is 24.0 Å². The highest BCUT2D eigenvalue weighted by atomic mass is 35.5. The molecule has 0 bridgehead atoms. The number of carbonyl (C=O) groups excluding carboxylic acids is 3. The molecule has 1 atom stereocenters. The van der Waals surface area contributed by atoms with Crippen LogP contribution in [0.3, 0.4) is 0 Å². The van der Waals surface area contributed by atoms with Gasteiger partial charge < -0.3 is 20.0 Å². The number of methoxy groups -OCH3 is 1. The number of nitrogens with one attached hydrogen (secondary N) is 1. The van der Waals surface area contributed by atoms with Crippen molar-refractivity contribution in [3.63, 3.8) is 0 Å². The number of amides is 2. The molecular formula is C17H18ClN2O5-. The Morgan fingerprint density at radius 3 is 2.64 bits per heavy atom. The van der Waals surface area contributed by atoms with E-state index in [0.29, 0.717) is 16.3 Å². The van der Waals surface area contributed by atoms with E-state index in [1.165, 1.54) is 12.0 Å². The Bertz CT molecular complexity index is 732. The Kier molecular flexibility index (Phi) is 6.03. The minimum atomic E-state index is -1.19. The topological polar surface area (TPSA) is 98.8 Å². The number of allylic oxidation sites excluding steroid dienone is 1. The van der Waals surface area contributed by atoms with Crippen molar-refractivity contribution in [3.05, 3.63) is 46.1 Å². The molecule has 2 amide bonds. The van der Waals surface area contributed by atoms with Crippen molar-refractivity contribution in [1.29, 1.82) is 0 Å². The highest BCUT2D eigenvalue weighted by Crippen LogP contribution is 2.34. The van der Waals surface area contributed by atoms with Crippen molar-refractivity contribution in [2.24, 2.45) is 0 Å². The van der Waals surface area contributed by atoms with Crippen LogP contribution in [0.2, 0.25) is 5.02 Å². The number of nitrogens with zero attached hydrogens (tertiary/aromatic N) is 1. The van der Waals surface area contributed by atoms with Gasteiger partial charge in [0.2, 0.25) is 0 Å². The number of ether oxygens (including phenoxy) is 1. The second-order valence-electron chi connectivity index (χ2n) is 5.52. The molecule has 1 heterocycles. The number of rotatable bonds is 6. The summed E-state index contributed by atoms with van der Waals surface area (Å²) in [5, 5.41) is 13.7. The quantitative estimate of drug-likeness (QED) is 0.768. The number of benzene rings is 1. The average Bonchev–Trinajstić information content (AvgIpc) is 2.57. The van der Waals surface area contributed by atoms with E-state index in [2.05, 4.69) is 5.32 Å². The Hall–Kier alpha value is -2.54. The number of carboxylic acids is 1. The lowest BCUT2D eigenvalue weighted by Gasteiger charge is -2.35. The molecule has 0 unspecified atom stereocenters. The van der Waals surface area contributed by atoms with Crippen molar-refractivity contribution in [2.75, 3.05) is 13.7 Å². The number of aliphatic carboxylic acids is 1. The standard InChI is InChI=1S/C17H19ClN2O5/c1-10-14(16(23)25-2)15(11-6-3-4-7-12(11)18)19-17(24)20(10)9-5-8-13(21)22/h3-4,6-7,15H,5,8-9H2,1-2H3,(H,19,24)(H,21,22)/p-1/t15-/m1/s1. The number of carbonyl (C=O) groups is 3. The van der Waals surface area contributed by atoms with Gasteiger partial charge in [0.1, 0.15) is 0 Å². The minimum absolute atomic E-state index is 0.140. The molecule has 0 aliphatic carbocycles. The van der Waals surface area contributed by atoms with Crippen LogP contribution in [0.5, 0.6) is 0 Å². The van der Waals surface area contributed by atoms with E-state index in [-0.39, 0.29) is 25.0 Å². The molecule has 25 heavy (non-hydrogen) atoms. The Morgan fingerprint density at radius 2 is 2.04 bits per heavy atom. The molecule has 1 N–H and O–H groups in total. The van der Waals surface area contributed by atoms with Gasteiger partial charge in [-0.3, -0.25) is 4.90 Å². The zero-order valence-electron chi connectivity index (χ0n) is 13.9. The Labute approximate surface area is 150 Å². The van der Waals surface area contributed by atoms with Crippen molar-refractivity contribution >= 4 is 29.6 Å². The van der Waals surface area contributed by atoms with E-state index in [1.54, 1.807) is 31.2 Å². The summed E-state index contributed by atoms with van der Waals surface area (Å²) in [6, 6.07) is 5.70. The van der Waals surface area contributed by atoms with E-state index in [0.717, 1.165) is 0 Å².